The van der Waals surface area contributed by atoms with E-state index in [0.29, 0.717) is 17.6 Å². The molecule has 1 nitrogen and oxygen atoms in total. The Morgan fingerprint density at radius 3 is 2.60 bits per heavy atom. The van der Waals surface area contributed by atoms with Crippen LogP contribution in [-0.2, 0) is 6.42 Å². The summed E-state index contributed by atoms with van der Waals surface area (Å²) in [5.41, 5.74) is 5.60. The van der Waals surface area contributed by atoms with Gasteiger partial charge in [-0.1, -0.05) is 44.9 Å². The average molecular weight is 272 g/mol. The standard InChI is InChI=1S/C19H28O/c1-5-6-17-18(20)12-11-16(19(17)13(2)3)15-9-7-14(4)8-10-15/h7,11-13,15,20H,5-6,8-10H2,1-4H3. The second kappa shape index (κ2) is 6.47. The van der Waals surface area contributed by atoms with Gasteiger partial charge < -0.3 is 5.11 Å². The van der Waals surface area contributed by atoms with E-state index in [1.807, 2.05) is 6.07 Å². The van der Waals surface area contributed by atoms with Crippen molar-refractivity contribution in [1.82, 2.24) is 0 Å². The monoisotopic (exact) mass is 272 g/mol. The van der Waals surface area contributed by atoms with Gasteiger partial charge in [-0.15, -0.1) is 0 Å². The highest BCUT2D eigenvalue weighted by Crippen LogP contribution is 2.40. The largest absolute Gasteiger partial charge is 0.508 e. The molecular weight excluding hydrogens is 244 g/mol. The minimum Gasteiger partial charge on any atom is -0.508 e. The third-order valence-corrected chi connectivity index (χ3v) is 4.52. The highest BCUT2D eigenvalue weighted by Gasteiger charge is 2.22. The van der Waals surface area contributed by atoms with Gasteiger partial charge in [0.15, 0.2) is 0 Å². The number of rotatable bonds is 4. The van der Waals surface area contributed by atoms with E-state index < -0.39 is 0 Å². The van der Waals surface area contributed by atoms with E-state index in [-0.39, 0.29) is 0 Å². The Morgan fingerprint density at radius 1 is 1.30 bits per heavy atom. The van der Waals surface area contributed by atoms with Crippen molar-refractivity contribution in [2.75, 3.05) is 0 Å². The molecule has 0 radical (unpaired) electrons. The maximum Gasteiger partial charge on any atom is 0.119 e. The van der Waals surface area contributed by atoms with Crippen molar-refractivity contribution in [2.45, 2.75) is 71.6 Å². The smallest absolute Gasteiger partial charge is 0.119 e. The molecule has 0 aliphatic heterocycles. The molecule has 1 N–H and O–H groups in total. The molecule has 2 rings (SSSR count). The molecule has 1 unspecified atom stereocenters. The molecule has 1 aliphatic rings. The zero-order valence-electron chi connectivity index (χ0n) is 13.4. The lowest BCUT2D eigenvalue weighted by atomic mass is 9.78. The number of phenols is 1. The number of aromatic hydroxyl groups is 1. The first-order valence-corrected chi connectivity index (χ1v) is 8.04. The Labute approximate surface area is 123 Å². The molecule has 0 amide bonds. The van der Waals surface area contributed by atoms with Crippen LogP contribution < -0.4 is 0 Å². The molecule has 0 heterocycles. The molecular formula is C19H28O. The number of benzene rings is 1. The van der Waals surface area contributed by atoms with Crippen LogP contribution in [0.25, 0.3) is 0 Å². The summed E-state index contributed by atoms with van der Waals surface area (Å²) in [6.45, 7) is 8.92. The first-order valence-electron chi connectivity index (χ1n) is 8.04. The van der Waals surface area contributed by atoms with E-state index in [2.05, 4.69) is 39.8 Å². The Bertz CT molecular complexity index is 497. The zero-order chi connectivity index (χ0) is 14.7. The summed E-state index contributed by atoms with van der Waals surface area (Å²) < 4.78 is 0. The van der Waals surface area contributed by atoms with Crippen LogP contribution in [0, 0.1) is 0 Å². The Kier molecular flexibility index (Phi) is 4.91. The van der Waals surface area contributed by atoms with E-state index in [9.17, 15) is 5.11 Å². The molecule has 0 fully saturated rings. The molecule has 0 saturated heterocycles. The van der Waals surface area contributed by atoms with Crippen molar-refractivity contribution in [3.8, 4) is 5.75 Å². The average Bonchev–Trinajstić information content (AvgIpc) is 2.42. The van der Waals surface area contributed by atoms with Gasteiger partial charge in [0.05, 0.1) is 0 Å². The maximum absolute atomic E-state index is 10.2. The van der Waals surface area contributed by atoms with Gasteiger partial charge in [0.2, 0.25) is 0 Å². The van der Waals surface area contributed by atoms with Gasteiger partial charge in [0.1, 0.15) is 5.75 Å². The van der Waals surface area contributed by atoms with Crippen LogP contribution in [0.4, 0.5) is 0 Å². The second-order valence-corrected chi connectivity index (χ2v) is 6.49. The lowest BCUT2D eigenvalue weighted by Crippen LogP contribution is -2.10. The number of hydrogen-bond donors (Lipinski definition) is 1. The van der Waals surface area contributed by atoms with E-state index in [4.69, 9.17) is 0 Å². The predicted octanol–water partition coefficient (Wildman–Crippen LogP) is 5.68. The second-order valence-electron chi connectivity index (χ2n) is 6.49. The van der Waals surface area contributed by atoms with Crippen molar-refractivity contribution in [1.29, 1.82) is 0 Å². The molecule has 1 aromatic rings. The summed E-state index contributed by atoms with van der Waals surface area (Å²) in [5.74, 6) is 1.60. The van der Waals surface area contributed by atoms with Gasteiger partial charge in [0.25, 0.3) is 0 Å². The molecule has 1 aliphatic carbocycles. The van der Waals surface area contributed by atoms with Crippen molar-refractivity contribution < 1.29 is 5.11 Å². The molecule has 0 saturated carbocycles. The van der Waals surface area contributed by atoms with Crippen LogP contribution in [0.3, 0.4) is 0 Å². The van der Waals surface area contributed by atoms with Crippen LogP contribution in [0.15, 0.2) is 23.8 Å². The minimum atomic E-state index is 0.477. The molecule has 20 heavy (non-hydrogen) atoms. The quantitative estimate of drug-likeness (QED) is 0.699. The topological polar surface area (TPSA) is 20.2 Å². The summed E-state index contributed by atoms with van der Waals surface area (Å²) in [7, 11) is 0. The van der Waals surface area contributed by atoms with E-state index in [0.717, 1.165) is 19.3 Å². The predicted molar refractivity (Wildman–Crippen MR) is 86.5 cm³/mol. The molecule has 110 valence electrons. The van der Waals surface area contributed by atoms with Gasteiger partial charge in [0, 0.05) is 0 Å². The Hall–Kier alpha value is -1.24. The Balaban J connectivity index is 2.44. The lowest BCUT2D eigenvalue weighted by molar-refractivity contribution is 0.464. The summed E-state index contributed by atoms with van der Waals surface area (Å²) in [6, 6.07) is 4.08. The third-order valence-electron chi connectivity index (χ3n) is 4.52. The third kappa shape index (κ3) is 3.08. The van der Waals surface area contributed by atoms with Crippen LogP contribution in [0.5, 0.6) is 5.75 Å². The van der Waals surface area contributed by atoms with Gasteiger partial charge >= 0.3 is 0 Å². The van der Waals surface area contributed by atoms with Gasteiger partial charge in [-0.25, -0.2) is 0 Å². The number of phenolic OH excluding ortho intramolecular Hbond substituents is 1. The molecule has 0 aromatic heterocycles. The highest BCUT2D eigenvalue weighted by molar-refractivity contribution is 5.48. The van der Waals surface area contributed by atoms with Crippen molar-refractivity contribution in [2.24, 2.45) is 0 Å². The van der Waals surface area contributed by atoms with Crippen LogP contribution in [-0.4, -0.2) is 5.11 Å². The minimum absolute atomic E-state index is 0.477. The van der Waals surface area contributed by atoms with Crippen LogP contribution >= 0.6 is 0 Å². The van der Waals surface area contributed by atoms with Crippen LogP contribution in [0.2, 0.25) is 0 Å². The molecule has 0 spiro atoms. The lowest BCUT2D eigenvalue weighted by Gasteiger charge is -2.27. The van der Waals surface area contributed by atoms with Gasteiger partial charge in [-0.3, -0.25) is 0 Å². The van der Waals surface area contributed by atoms with Gasteiger partial charge in [-0.2, -0.15) is 0 Å². The summed E-state index contributed by atoms with van der Waals surface area (Å²) >= 11 is 0. The van der Waals surface area contributed by atoms with E-state index in [1.54, 1.807) is 0 Å². The highest BCUT2D eigenvalue weighted by atomic mass is 16.3. The zero-order valence-corrected chi connectivity index (χ0v) is 13.4. The normalized spacial score (nSPS) is 19.2. The first kappa shape index (κ1) is 15.2. The van der Waals surface area contributed by atoms with E-state index in [1.165, 1.54) is 35.1 Å². The molecule has 1 aromatic carbocycles. The fraction of sp³-hybridized carbons (Fsp3) is 0.579. The molecule has 1 atom stereocenters. The fourth-order valence-corrected chi connectivity index (χ4v) is 3.47. The van der Waals surface area contributed by atoms with Crippen molar-refractivity contribution in [3.63, 3.8) is 0 Å². The first-order chi connectivity index (χ1) is 9.54. The van der Waals surface area contributed by atoms with Crippen molar-refractivity contribution >= 4 is 0 Å². The van der Waals surface area contributed by atoms with Gasteiger partial charge in [-0.05, 0) is 67.2 Å². The molecule has 0 bridgehead atoms. The SMILES string of the molecule is CCCc1c(O)ccc(C2CC=C(C)CC2)c1C(C)C. The number of allylic oxidation sites excluding steroid dienone is 2. The van der Waals surface area contributed by atoms with E-state index >= 15 is 0 Å². The van der Waals surface area contributed by atoms with Crippen LogP contribution in [0.1, 0.15) is 81.9 Å². The molecule has 1 heteroatoms. The maximum atomic E-state index is 10.2. The summed E-state index contributed by atoms with van der Waals surface area (Å²) in [6.07, 6.45) is 8.08. The fourth-order valence-electron chi connectivity index (χ4n) is 3.47. The van der Waals surface area contributed by atoms with Crippen molar-refractivity contribution in [3.05, 3.63) is 40.5 Å². The summed E-state index contributed by atoms with van der Waals surface area (Å²) in [4.78, 5) is 0. The number of hydrogen-bond acceptors (Lipinski definition) is 1. The Morgan fingerprint density at radius 2 is 2.05 bits per heavy atom. The summed E-state index contributed by atoms with van der Waals surface area (Å²) in [5, 5.41) is 10.2.